The van der Waals surface area contributed by atoms with Crippen LogP contribution in [0.1, 0.15) is 23.9 Å². The molecule has 0 saturated heterocycles. The van der Waals surface area contributed by atoms with Gasteiger partial charge in [-0.1, -0.05) is 13.0 Å². The molecule has 5 heteroatoms. The molecule has 0 unspecified atom stereocenters. The number of hydrogen-bond donors (Lipinski definition) is 1. The minimum atomic E-state index is 0.450. The lowest BCUT2D eigenvalue weighted by atomic mass is 10.2. The van der Waals surface area contributed by atoms with Crippen LogP contribution in [0.5, 0.6) is 5.75 Å². The van der Waals surface area contributed by atoms with Crippen molar-refractivity contribution in [3.63, 3.8) is 0 Å². The number of aryl methyl sites for hydroxylation is 1. The SMILES string of the molecule is CCNCc1cc(Br)c(OCc2cccc(C)n2)c(Br)c1. The number of rotatable bonds is 6. The second kappa shape index (κ2) is 7.92. The Labute approximate surface area is 142 Å². The standard InChI is InChI=1S/C16H18Br2N2O/c1-3-19-9-12-7-14(17)16(15(18)8-12)21-10-13-6-4-5-11(2)20-13/h4-8,19H,3,9-10H2,1-2H3. The molecule has 1 aromatic carbocycles. The number of aromatic nitrogens is 1. The van der Waals surface area contributed by atoms with Crippen LogP contribution in [0.25, 0.3) is 0 Å². The lowest BCUT2D eigenvalue weighted by Crippen LogP contribution is -2.11. The van der Waals surface area contributed by atoms with Crippen molar-refractivity contribution in [1.29, 1.82) is 0 Å². The quantitative estimate of drug-likeness (QED) is 0.751. The summed E-state index contributed by atoms with van der Waals surface area (Å²) < 4.78 is 7.78. The summed E-state index contributed by atoms with van der Waals surface area (Å²) >= 11 is 7.15. The van der Waals surface area contributed by atoms with E-state index in [2.05, 4.69) is 61.2 Å². The van der Waals surface area contributed by atoms with Gasteiger partial charge in [0.2, 0.25) is 0 Å². The number of nitrogens with zero attached hydrogens (tertiary/aromatic N) is 1. The predicted molar refractivity (Wildman–Crippen MR) is 92.5 cm³/mol. The molecule has 0 aliphatic rings. The van der Waals surface area contributed by atoms with E-state index in [0.717, 1.165) is 39.2 Å². The van der Waals surface area contributed by atoms with Gasteiger partial charge in [-0.15, -0.1) is 0 Å². The normalized spacial score (nSPS) is 10.7. The summed E-state index contributed by atoms with van der Waals surface area (Å²) in [7, 11) is 0. The Morgan fingerprint density at radius 1 is 1.19 bits per heavy atom. The molecular formula is C16H18Br2N2O. The molecule has 1 aromatic heterocycles. The summed E-state index contributed by atoms with van der Waals surface area (Å²) in [5, 5.41) is 3.31. The van der Waals surface area contributed by atoms with E-state index in [9.17, 15) is 0 Å². The third-order valence-corrected chi connectivity index (χ3v) is 4.13. The zero-order chi connectivity index (χ0) is 15.2. The van der Waals surface area contributed by atoms with Crippen molar-refractivity contribution in [1.82, 2.24) is 10.3 Å². The van der Waals surface area contributed by atoms with Crippen LogP contribution in [0, 0.1) is 6.92 Å². The fraction of sp³-hybridized carbons (Fsp3) is 0.312. The molecule has 2 aromatic rings. The minimum absolute atomic E-state index is 0.450. The fourth-order valence-electron chi connectivity index (χ4n) is 1.95. The van der Waals surface area contributed by atoms with Crippen LogP contribution >= 0.6 is 31.9 Å². The van der Waals surface area contributed by atoms with E-state index in [1.54, 1.807) is 0 Å². The van der Waals surface area contributed by atoms with Gasteiger partial charge in [-0.25, -0.2) is 0 Å². The lowest BCUT2D eigenvalue weighted by Gasteiger charge is -2.12. The molecule has 0 fully saturated rings. The average Bonchev–Trinajstić information content (AvgIpc) is 2.44. The smallest absolute Gasteiger partial charge is 0.148 e. The van der Waals surface area contributed by atoms with Crippen molar-refractivity contribution < 1.29 is 4.74 Å². The van der Waals surface area contributed by atoms with E-state index >= 15 is 0 Å². The minimum Gasteiger partial charge on any atom is -0.485 e. The molecule has 112 valence electrons. The number of nitrogens with one attached hydrogen (secondary N) is 1. The predicted octanol–water partition coefficient (Wildman–Crippen LogP) is 4.60. The maximum Gasteiger partial charge on any atom is 0.148 e. The monoisotopic (exact) mass is 412 g/mol. The molecule has 0 aliphatic heterocycles. The third kappa shape index (κ3) is 4.80. The number of ether oxygens (including phenoxy) is 1. The first-order valence-corrected chi connectivity index (χ1v) is 8.42. The third-order valence-electron chi connectivity index (χ3n) is 2.95. The topological polar surface area (TPSA) is 34.1 Å². The number of halogens is 2. The van der Waals surface area contributed by atoms with Crippen molar-refractivity contribution in [3.05, 3.63) is 56.2 Å². The number of benzene rings is 1. The van der Waals surface area contributed by atoms with E-state index in [1.807, 2.05) is 25.1 Å². The molecular weight excluding hydrogens is 396 g/mol. The first-order chi connectivity index (χ1) is 10.1. The van der Waals surface area contributed by atoms with E-state index in [1.165, 1.54) is 5.56 Å². The molecule has 0 bridgehead atoms. The van der Waals surface area contributed by atoms with Crippen LogP contribution in [-0.4, -0.2) is 11.5 Å². The lowest BCUT2D eigenvalue weighted by molar-refractivity contribution is 0.297. The Morgan fingerprint density at radius 3 is 2.52 bits per heavy atom. The Morgan fingerprint density at radius 2 is 1.90 bits per heavy atom. The zero-order valence-electron chi connectivity index (χ0n) is 12.1. The molecule has 0 spiro atoms. The van der Waals surface area contributed by atoms with Crippen LogP contribution in [0.15, 0.2) is 39.3 Å². The van der Waals surface area contributed by atoms with E-state index in [4.69, 9.17) is 4.74 Å². The summed E-state index contributed by atoms with van der Waals surface area (Å²) in [6, 6.07) is 10.1. The van der Waals surface area contributed by atoms with Gasteiger partial charge in [0.1, 0.15) is 12.4 Å². The molecule has 0 radical (unpaired) electrons. The number of pyridine rings is 1. The zero-order valence-corrected chi connectivity index (χ0v) is 15.3. The van der Waals surface area contributed by atoms with Gasteiger partial charge < -0.3 is 10.1 Å². The van der Waals surface area contributed by atoms with Crippen molar-refractivity contribution in [2.45, 2.75) is 27.0 Å². The van der Waals surface area contributed by atoms with Crippen LogP contribution < -0.4 is 10.1 Å². The van der Waals surface area contributed by atoms with Crippen molar-refractivity contribution in [2.75, 3.05) is 6.54 Å². The molecule has 3 nitrogen and oxygen atoms in total. The Kier molecular flexibility index (Phi) is 6.21. The van der Waals surface area contributed by atoms with Gasteiger partial charge in [-0.05, 0) is 75.2 Å². The second-order valence-electron chi connectivity index (χ2n) is 4.73. The van der Waals surface area contributed by atoms with Gasteiger partial charge in [0, 0.05) is 12.2 Å². The molecule has 21 heavy (non-hydrogen) atoms. The highest BCUT2D eigenvalue weighted by molar-refractivity contribution is 9.11. The molecule has 2 rings (SSSR count). The molecule has 0 aliphatic carbocycles. The summed E-state index contributed by atoms with van der Waals surface area (Å²) in [5.74, 6) is 0.804. The highest BCUT2D eigenvalue weighted by Crippen LogP contribution is 2.35. The Balaban J connectivity index is 2.09. The highest BCUT2D eigenvalue weighted by Gasteiger charge is 2.09. The fourth-order valence-corrected chi connectivity index (χ4v) is 3.46. The second-order valence-corrected chi connectivity index (χ2v) is 6.44. The summed E-state index contributed by atoms with van der Waals surface area (Å²) in [5.41, 5.74) is 3.12. The first-order valence-electron chi connectivity index (χ1n) is 6.84. The maximum absolute atomic E-state index is 5.89. The molecule has 0 atom stereocenters. The van der Waals surface area contributed by atoms with E-state index < -0.39 is 0 Å². The van der Waals surface area contributed by atoms with Gasteiger partial charge in [0.25, 0.3) is 0 Å². The summed E-state index contributed by atoms with van der Waals surface area (Å²) in [6.45, 7) is 6.31. The largest absolute Gasteiger partial charge is 0.485 e. The van der Waals surface area contributed by atoms with Gasteiger partial charge in [0.05, 0.1) is 14.6 Å². The maximum atomic E-state index is 5.89. The highest BCUT2D eigenvalue weighted by atomic mass is 79.9. The van der Waals surface area contributed by atoms with Crippen molar-refractivity contribution in [3.8, 4) is 5.75 Å². The number of hydrogen-bond acceptors (Lipinski definition) is 3. The molecule has 1 N–H and O–H groups in total. The molecule has 0 saturated carbocycles. The van der Waals surface area contributed by atoms with E-state index in [0.29, 0.717) is 6.61 Å². The Hall–Kier alpha value is -0.910. The van der Waals surface area contributed by atoms with Crippen LogP contribution in [-0.2, 0) is 13.2 Å². The summed E-state index contributed by atoms with van der Waals surface area (Å²) in [6.07, 6.45) is 0. The van der Waals surface area contributed by atoms with Gasteiger partial charge in [-0.2, -0.15) is 0 Å². The van der Waals surface area contributed by atoms with Crippen LogP contribution in [0.3, 0.4) is 0 Å². The Bertz CT molecular complexity index is 594. The summed E-state index contributed by atoms with van der Waals surface area (Å²) in [4.78, 5) is 4.44. The average molecular weight is 414 g/mol. The van der Waals surface area contributed by atoms with Gasteiger partial charge in [-0.3, -0.25) is 4.98 Å². The van der Waals surface area contributed by atoms with E-state index in [-0.39, 0.29) is 0 Å². The molecule has 1 heterocycles. The van der Waals surface area contributed by atoms with Crippen LogP contribution in [0.2, 0.25) is 0 Å². The van der Waals surface area contributed by atoms with Gasteiger partial charge in [0.15, 0.2) is 0 Å². The molecule has 0 amide bonds. The van der Waals surface area contributed by atoms with Crippen molar-refractivity contribution >= 4 is 31.9 Å². The van der Waals surface area contributed by atoms with Crippen LogP contribution in [0.4, 0.5) is 0 Å². The van der Waals surface area contributed by atoms with Gasteiger partial charge >= 0.3 is 0 Å². The first kappa shape index (κ1) is 16.5. The van der Waals surface area contributed by atoms with Crippen molar-refractivity contribution in [2.24, 2.45) is 0 Å².